The van der Waals surface area contributed by atoms with Crippen molar-refractivity contribution in [2.24, 2.45) is 11.5 Å². The SMILES string of the molecule is CSCCC(NC(=O)C(CCC(N)=O)NC(=O)C(N)Cc1c[nH]c2ccccc12)C(=O)NC(CC(=O)O)C(=O)O. The summed E-state index contributed by atoms with van der Waals surface area (Å²) in [5.41, 5.74) is 13.0. The van der Waals surface area contributed by atoms with Gasteiger partial charge >= 0.3 is 11.9 Å². The normalized spacial score (nSPS) is 13.9. The largest absolute Gasteiger partial charge is 0.481 e. The maximum atomic E-state index is 13.2. The number of H-pyrrole nitrogens is 1. The van der Waals surface area contributed by atoms with Crippen LogP contribution in [0.15, 0.2) is 30.5 Å². The van der Waals surface area contributed by atoms with Crippen LogP contribution < -0.4 is 27.4 Å². The first-order valence-electron chi connectivity index (χ1n) is 12.4. The minimum Gasteiger partial charge on any atom is -0.481 e. The Morgan fingerprint density at radius 1 is 0.925 bits per heavy atom. The molecule has 0 bridgehead atoms. The van der Waals surface area contributed by atoms with Crippen molar-refractivity contribution in [3.05, 3.63) is 36.0 Å². The Morgan fingerprint density at radius 2 is 1.52 bits per heavy atom. The van der Waals surface area contributed by atoms with Gasteiger partial charge in [0.2, 0.25) is 23.6 Å². The molecule has 4 atom stereocenters. The molecule has 0 saturated carbocycles. The van der Waals surface area contributed by atoms with E-state index in [1.807, 2.05) is 24.3 Å². The van der Waals surface area contributed by atoms with Crippen LogP contribution in [0.25, 0.3) is 10.9 Å². The molecule has 40 heavy (non-hydrogen) atoms. The Labute approximate surface area is 234 Å². The number of amides is 4. The van der Waals surface area contributed by atoms with Crippen molar-refractivity contribution in [1.29, 1.82) is 0 Å². The second-order valence-electron chi connectivity index (χ2n) is 9.08. The third-order valence-corrected chi connectivity index (χ3v) is 6.64. The number of rotatable bonds is 17. The van der Waals surface area contributed by atoms with E-state index >= 15 is 0 Å². The molecule has 1 aromatic heterocycles. The van der Waals surface area contributed by atoms with Crippen LogP contribution in [0.1, 0.15) is 31.2 Å². The lowest BCUT2D eigenvalue weighted by molar-refractivity contribution is -0.147. The van der Waals surface area contributed by atoms with Gasteiger partial charge in [-0.1, -0.05) is 18.2 Å². The molecule has 2 rings (SSSR count). The van der Waals surface area contributed by atoms with Gasteiger partial charge in [0.15, 0.2) is 0 Å². The van der Waals surface area contributed by atoms with Crippen LogP contribution >= 0.6 is 11.8 Å². The Kier molecular flexibility index (Phi) is 12.4. The highest BCUT2D eigenvalue weighted by Gasteiger charge is 2.31. The number of carboxylic acids is 2. The van der Waals surface area contributed by atoms with Gasteiger partial charge in [0.05, 0.1) is 12.5 Å². The van der Waals surface area contributed by atoms with Crippen LogP contribution in [0.3, 0.4) is 0 Å². The number of aromatic amines is 1. The summed E-state index contributed by atoms with van der Waals surface area (Å²) in [7, 11) is 0. The number of para-hydroxylation sites is 1. The van der Waals surface area contributed by atoms with Crippen molar-refractivity contribution in [3.8, 4) is 0 Å². The summed E-state index contributed by atoms with van der Waals surface area (Å²) in [5, 5.41) is 26.2. The molecule has 14 nitrogen and oxygen atoms in total. The molecule has 10 N–H and O–H groups in total. The van der Waals surface area contributed by atoms with Gasteiger partial charge in [-0.2, -0.15) is 11.8 Å². The quantitative estimate of drug-likeness (QED) is 0.114. The smallest absolute Gasteiger partial charge is 0.326 e. The first-order chi connectivity index (χ1) is 18.9. The van der Waals surface area contributed by atoms with Crippen molar-refractivity contribution >= 4 is 58.2 Å². The van der Waals surface area contributed by atoms with Crippen LogP contribution in [-0.2, 0) is 35.2 Å². The number of carboxylic acid groups (broad SMARTS) is 2. The Morgan fingerprint density at radius 3 is 2.12 bits per heavy atom. The average Bonchev–Trinajstić information content (AvgIpc) is 3.30. The summed E-state index contributed by atoms with van der Waals surface area (Å²) in [6.07, 6.45) is 2.42. The number of carbonyl (C=O) groups excluding carboxylic acids is 4. The van der Waals surface area contributed by atoms with Gasteiger partial charge in [0.1, 0.15) is 18.1 Å². The van der Waals surface area contributed by atoms with Crippen molar-refractivity contribution in [1.82, 2.24) is 20.9 Å². The lowest BCUT2D eigenvalue weighted by atomic mass is 10.0. The third-order valence-electron chi connectivity index (χ3n) is 6.00. The average molecular weight is 579 g/mol. The van der Waals surface area contributed by atoms with E-state index < -0.39 is 66.2 Å². The number of carbonyl (C=O) groups is 6. The van der Waals surface area contributed by atoms with Crippen LogP contribution in [-0.4, -0.2) is 86.9 Å². The molecule has 0 aliphatic rings. The van der Waals surface area contributed by atoms with Gasteiger partial charge < -0.3 is 42.6 Å². The molecule has 1 aromatic carbocycles. The van der Waals surface area contributed by atoms with E-state index in [2.05, 4.69) is 20.9 Å². The summed E-state index contributed by atoms with van der Waals surface area (Å²) < 4.78 is 0. The van der Waals surface area contributed by atoms with E-state index in [4.69, 9.17) is 16.6 Å². The lowest BCUT2D eigenvalue weighted by Crippen LogP contribution is -2.57. The Bertz CT molecular complexity index is 1230. The number of primary amides is 1. The topological polar surface area (TPSA) is 247 Å². The highest BCUT2D eigenvalue weighted by atomic mass is 32.2. The molecule has 0 aliphatic carbocycles. The highest BCUT2D eigenvalue weighted by Crippen LogP contribution is 2.19. The van der Waals surface area contributed by atoms with E-state index in [1.165, 1.54) is 11.8 Å². The van der Waals surface area contributed by atoms with E-state index in [1.54, 1.807) is 12.5 Å². The zero-order valence-electron chi connectivity index (χ0n) is 21.8. The van der Waals surface area contributed by atoms with Crippen molar-refractivity contribution in [3.63, 3.8) is 0 Å². The highest BCUT2D eigenvalue weighted by molar-refractivity contribution is 7.98. The molecule has 1 heterocycles. The van der Waals surface area contributed by atoms with Gasteiger partial charge in [-0.25, -0.2) is 4.79 Å². The van der Waals surface area contributed by atoms with Crippen molar-refractivity contribution in [2.75, 3.05) is 12.0 Å². The van der Waals surface area contributed by atoms with Gasteiger partial charge in [0.25, 0.3) is 0 Å². The van der Waals surface area contributed by atoms with Crippen LogP contribution in [0.5, 0.6) is 0 Å². The molecule has 0 saturated heterocycles. The molecular weight excluding hydrogens is 544 g/mol. The number of benzene rings is 1. The summed E-state index contributed by atoms with van der Waals surface area (Å²) in [6, 6.07) is 2.16. The molecule has 0 spiro atoms. The molecule has 0 aliphatic heterocycles. The second-order valence-corrected chi connectivity index (χ2v) is 10.1. The molecule has 218 valence electrons. The zero-order valence-corrected chi connectivity index (χ0v) is 22.7. The first kappa shape index (κ1) is 32.1. The molecular formula is C25H34N6O8S. The fourth-order valence-electron chi connectivity index (χ4n) is 3.89. The van der Waals surface area contributed by atoms with Gasteiger partial charge in [0, 0.05) is 23.5 Å². The number of hydrogen-bond donors (Lipinski definition) is 8. The number of aliphatic carboxylic acids is 2. The maximum absolute atomic E-state index is 13.2. The Balaban J connectivity index is 2.15. The standard InChI is InChI=1S/C25H34N6O8S/c1-40-9-8-18(24(37)31-19(25(38)39)11-21(33)34)30-23(36)17(6-7-20(27)32)29-22(35)15(26)10-13-12-28-16-5-3-2-4-14(13)16/h2-5,12,15,17-19,28H,6-11,26H2,1H3,(H2,27,32)(H,29,35)(H,30,36)(H,31,37)(H,33,34)(H,38,39). The van der Waals surface area contributed by atoms with E-state index in [-0.39, 0.29) is 25.7 Å². The number of fused-ring (bicyclic) bond motifs is 1. The van der Waals surface area contributed by atoms with Gasteiger partial charge in [-0.15, -0.1) is 0 Å². The maximum Gasteiger partial charge on any atom is 0.326 e. The fourth-order valence-corrected chi connectivity index (χ4v) is 4.36. The number of nitrogens with one attached hydrogen (secondary N) is 4. The summed E-state index contributed by atoms with van der Waals surface area (Å²) >= 11 is 1.36. The van der Waals surface area contributed by atoms with Gasteiger partial charge in [-0.3, -0.25) is 24.0 Å². The minimum atomic E-state index is -1.72. The van der Waals surface area contributed by atoms with Gasteiger partial charge in [-0.05, 0) is 42.9 Å². The monoisotopic (exact) mass is 578 g/mol. The molecule has 0 fully saturated rings. The van der Waals surface area contributed by atoms with E-state index in [9.17, 15) is 33.9 Å². The number of aromatic nitrogens is 1. The molecule has 2 aromatic rings. The number of nitrogens with two attached hydrogens (primary N) is 2. The second kappa shape index (κ2) is 15.5. The Hall–Kier alpha value is -4.11. The van der Waals surface area contributed by atoms with Crippen molar-refractivity contribution < 1.29 is 39.0 Å². The predicted octanol–water partition coefficient (Wildman–Crippen LogP) is -0.930. The summed E-state index contributed by atoms with van der Waals surface area (Å²) in [6.45, 7) is 0. The zero-order chi connectivity index (χ0) is 29.8. The lowest BCUT2D eigenvalue weighted by Gasteiger charge is -2.25. The summed E-state index contributed by atoms with van der Waals surface area (Å²) in [4.78, 5) is 75.8. The predicted molar refractivity (Wildman–Crippen MR) is 147 cm³/mol. The van der Waals surface area contributed by atoms with Crippen LogP contribution in [0.4, 0.5) is 0 Å². The van der Waals surface area contributed by atoms with Crippen molar-refractivity contribution in [2.45, 2.75) is 56.3 Å². The fraction of sp³-hybridized carbons (Fsp3) is 0.440. The van der Waals surface area contributed by atoms with Crippen LogP contribution in [0, 0.1) is 0 Å². The summed E-state index contributed by atoms with van der Waals surface area (Å²) in [5.74, 6) is -5.72. The molecule has 4 unspecified atom stereocenters. The molecule has 0 radical (unpaired) electrons. The number of thioether (sulfide) groups is 1. The minimum absolute atomic E-state index is 0.0781. The van der Waals surface area contributed by atoms with E-state index in [0.717, 1.165) is 16.5 Å². The van der Waals surface area contributed by atoms with E-state index in [0.29, 0.717) is 5.75 Å². The van der Waals surface area contributed by atoms with Crippen LogP contribution in [0.2, 0.25) is 0 Å². The molecule has 4 amide bonds. The first-order valence-corrected chi connectivity index (χ1v) is 13.8. The number of hydrogen-bond acceptors (Lipinski definition) is 8. The molecule has 15 heteroatoms. The third kappa shape index (κ3) is 9.89.